The van der Waals surface area contributed by atoms with Crippen molar-refractivity contribution in [2.45, 2.75) is 39.0 Å². The predicted molar refractivity (Wildman–Crippen MR) is 81.8 cm³/mol. The SMILES string of the molecule is CCOc1ccc(C(N)CS(=O)C(C)C(C)C)cc1. The molecule has 0 aliphatic carbocycles. The van der Waals surface area contributed by atoms with Crippen LogP contribution in [0.4, 0.5) is 0 Å². The lowest BCUT2D eigenvalue weighted by molar-refractivity contribution is 0.340. The second kappa shape index (κ2) is 7.65. The number of nitrogens with two attached hydrogens (primary N) is 1. The van der Waals surface area contributed by atoms with Gasteiger partial charge in [0.05, 0.1) is 6.61 Å². The lowest BCUT2D eigenvalue weighted by Gasteiger charge is -2.18. The standard InChI is InChI=1S/C15H25NO2S/c1-5-18-14-8-6-13(7-9-14)15(16)10-19(17)12(4)11(2)3/h6-9,11-12,15H,5,10,16H2,1-4H3. The summed E-state index contributed by atoms with van der Waals surface area (Å²) in [6.45, 7) is 8.80. The molecule has 3 atom stereocenters. The lowest BCUT2D eigenvalue weighted by Crippen LogP contribution is -2.26. The number of rotatable bonds is 7. The minimum atomic E-state index is -0.890. The fourth-order valence-electron chi connectivity index (χ4n) is 1.71. The minimum Gasteiger partial charge on any atom is -0.494 e. The van der Waals surface area contributed by atoms with Crippen molar-refractivity contribution in [3.8, 4) is 5.75 Å². The Kier molecular flexibility index (Phi) is 6.52. The maximum atomic E-state index is 12.1. The number of hydrogen-bond donors (Lipinski definition) is 1. The van der Waals surface area contributed by atoms with Crippen LogP contribution in [0.1, 0.15) is 39.3 Å². The molecule has 19 heavy (non-hydrogen) atoms. The smallest absolute Gasteiger partial charge is 0.119 e. The van der Waals surface area contributed by atoms with Gasteiger partial charge in [-0.3, -0.25) is 4.21 Å². The van der Waals surface area contributed by atoms with E-state index in [0.717, 1.165) is 11.3 Å². The van der Waals surface area contributed by atoms with Crippen molar-refractivity contribution in [1.82, 2.24) is 0 Å². The van der Waals surface area contributed by atoms with Crippen LogP contribution in [0.15, 0.2) is 24.3 Å². The van der Waals surface area contributed by atoms with E-state index in [4.69, 9.17) is 10.5 Å². The third-order valence-electron chi connectivity index (χ3n) is 3.32. The Balaban J connectivity index is 2.62. The van der Waals surface area contributed by atoms with Gasteiger partial charge in [0.25, 0.3) is 0 Å². The first-order chi connectivity index (χ1) is 8.95. The zero-order valence-corrected chi connectivity index (χ0v) is 13.1. The van der Waals surface area contributed by atoms with Gasteiger partial charge in [0.2, 0.25) is 0 Å². The Morgan fingerprint density at radius 1 is 1.21 bits per heavy atom. The summed E-state index contributed by atoms with van der Waals surface area (Å²) in [7, 11) is -0.890. The zero-order chi connectivity index (χ0) is 14.4. The molecule has 0 aliphatic heterocycles. The van der Waals surface area contributed by atoms with Crippen LogP contribution in [0.2, 0.25) is 0 Å². The highest BCUT2D eigenvalue weighted by molar-refractivity contribution is 7.85. The molecule has 1 rings (SSSR count). The van der Waals surface area contributed by atoms with Crippen LogP contribution in [0.25, 0.3) is 0 Å². The first-order valence-electron chi connectivity index (χ1n) is 6.81. The molecule has 0 aromatic heterocycles. The molecule has 0 saturated heterocycles. The first-order valence-corrected chi connectivity index (χ1v) is 8.19. The molecule has 1 aromatic carbocycles. The Morgan fingerprint density at radius 3 is 2.26 bits per heavy atom. The van der Waals surface area contributed by atoms with E-state index in [1.165, 1.54) is 0 Å². The summed E-state index contributed by atoms with van der Waals surface area (Å²) in [6.07, 6.45) is 0. The molecule has 1 aromatic rings. The van der Waals surface area contributed by atoms with Crippen molar-refractivity contribution >= 4 is 10.8 Å². The average molecular weight is 283 g/mol. The second-order valence-corrected chi connectivity index (χ2v) is 6.94. The van der Waals surface area contributed by atoms with Gasteiger partial charge < -0.3 is 10.5 Å². The van der Waals surface area contributed by atoms with Crippen LogP contribution in [0.3, 0.4) is 0 Å². The van der Waals surface area contributed by atoms with Crippen LogP contribution in [0.5, 0.6) is 5.75 Å². The van der Waals surface area contributed by atoms with E-state index in [2.05, 4.69) is 13.8 Å². The van der Waals surface area contributed by atoms with Crippen molar-refractivity contribution in [1.29, 1.82) is 0 Å². The summed E-state index contributed by atoms with van der Waals surface area (Å²) in [6, 6.07) is 7.54. The lowest BCUT2D eigenvalue weighted by atomic mass is 10.1. The average Bonchev–Trinajstić information content (AvgIpc) is 2.38. The molecule has 2 N–H and O–H groups in total. The van der Waals surface area contributed by atoms with Gasteiger partial charge >= 0.3 is 0 Å². The second-order valence-electron chi connectivity index (χ2n) is 5.11. The highest BCUT2D eigenvalue weighted by Gasteiger charge is 2.18. The van der Waals surface area contributed by atoms with Gasteiger partial charge in [-0.05, 0) is 30.5 Å². The maximum Gasteiger partial charge on any atom is 0.119 e. The van der Waals surface area contributed by atoms with Gasteiger partial charge in [-0.15, -0.1) is 0 Å². The van der Waals surface area contributed by atoms with E-state index >= 15 is 0 Å². The van der Waals surface area contributed by atoms with Crippen LogP contribution >= 0.6 is 0 Å². The van der Waals surface area contributed by atoms with E-state index in [1.807, 2.05) is 38.1 Å². The molecular formula is C15H25NO2S. The highest BCUT2D eigenvalue weighted by Crippen LogP contribution is 2.19. The van der Waals surface area contributed by atoms with Crippen molar-refractivity contribution in [2.24, 2.45) is 11.7 Å². The third-order valence-corrected chi connectivity index (χ3v) is 5.38. The topological polar surface area (TPSA) is 52.3 Å². The number of ether oxygens (including phenoxy) is 1. The third kappa shape index (κ3) is 4.96. The Hall–Kier alpha value is -0.870. The molecule has 3 nitrogen and oxygen atoms in total. The zero-order valence-electron chi connectivity index (χ0n) is 12.3. The monoisotopic (exact) mass is 283 g/mol. The summed E-state index contributed by atoms with van der Waals surface area (Å²) < 4.78 is 17.5. The summed E-state index contributed by atoms with van der Waals surface area (Å²) >= 11 is 0. The summed E-state index contributed by atoms with van der Waals surface area (Å²) in [5.41, 5.74) is 7.13. The molecule has 0 saturated carbocycles. The Labute approximate surface area is 119 Å². The molecule has 0 heterocycles. The van der Waals surface area contributed by atoms with E-state index in [9.17, 15) is 4.21 Å². The molecule has 0 aliphatic rings. The van der Waals surface area contributed by atoms with E-state index in [1.54, 1.807) is 0 Å². The predicted octanol–water partition coefficient (Wildman–Crippen LogP) is 2.88. The van der Waals surface area contributed by atoms with E-state index in [-0.39, 0.29) is 11.3 Å². The largest absolute Gasteiger partial charge is 0.494 e. The minimum absolute atomic E-state index is 0.175. The van der Waals surface area contributed by atoms with Crippen LogP contribution in [-0.2, 0) is 10.8 Å². The van der Waals surface area contributed by atoms with E-state index in [0.29, 0.717) is 18.3 Å². The Morgan fingerprint density at radius 2 is 1.79 bits per heavy atom. The normalized spacial score (nSPS) is 16.1. The molecular weight excluding hydrogens is 258 g/mol. The van der Waals surface area contributed by atoms with Crippen LogP contribution in [0, 0.1) is 5.92 Å². The van der Waals surface area contributed by atoms with Crippen molar-refractivity contribution in [3.63, 3.8) is 0 Å². The fraction of sp³-hybridized carbons (Fsp3) is 0.600. The van der Waals surface area contributed by atoms with Crippen molar-refractivity contribution in [2.75, 3.05) is 12.4 Å². The molecule has 3 unspecified atom stereocenters. The maximum absolute atomic E-state index is 12.1. The molecule has 108 valence electrons. The van der Waals surface area contributed by atoms with Crippen LogP contribution in [-0.4, -0.2) is 21.8 Å². The van der Waals surface area contributed by atoms with Gasteiger partial charge in [0.1, 0.15) is 5.75 Å². The molecule has 0 bridgehead atoms. The fourth-order valence-corrected chi connectivity index (χ4v) is 3.16. The van der Waals surface area contributed by atoms with E-state index < -0.39 is 10.8 Å². The van der Waals surface area contributed by atoms with Crippen LogP contribution < -0.4 is 10.5 Å². The van der Waals surface area contributed by atoms with Gasteiger partial charge in [-0.2, -0.15) is 0 Å². The van der Waals surface area contributed by atoms with Gasteiger partial charge in [0.15, 0.2) is 0 Å². The summed E-state index contributed by atoms with van der Waals surface area (Å²) in [5, 5.41) is 0.175. The molecule has 4 heteroatoms. The van der Waals surface area contributed by atoms with Crippen molar-refractivity contribution in [3.05, 3.63) is 29.8 Å². The summed E-state index contributed by atoms with van der Waals surface area (Å²) in [5.74, 6) is 1.76. The molecule has 0 spiro atoms. The quantitative estimate of drug-likeness (QED) is 0.837. The van der Waals surface area contributed by atoms with Crippen molar-refractivity contribution < 1.29 is 8.95 Å². The van der Waals surface area contributed by atoms with Gasteiger partial charge in [-0.1, -0.05) is 32.9 Å². The molecule has 0 amide bonds. The number of hydrogen-bond acceptors (Lipinski definition) is 3. The number of benzene rings is 1. The Bertz CT molecular complexity index is 403. The molecule has 0 radical (unpaired) electrons. The van der Waals surface area contributed by atoms with Gasteiger partial charge in [0, 0.05) is 27.8 Å². The van der Waals surface area contributed by atoms with Gasteiger partial charge in [-0.25, -0.2) is 0 Å². The first kappa shape index (κ1) is 16.2. The molecule has 0 fully saturated rings. The summed E-state index contributed by atoms with van der Waals surface area (Å²) in [4.78, 5) is 0. The highest BCUT2D eigenvalue weighted by atomic mass is 32.2.